The predicted octanol–water partition coefficient (Wildman–Crippen LogP) is 5.23. The highest BCUT2D eigenvalue weighted by Crippen LogP contribution is 2.35. The van der Waals surface area contributed by atoms with Crippen LogP contribution in [0.1, 0.15) is 30.3 Å². The van der Waals surface area contributed by atoms with E-state index in [1.807, 2.05) is 0 Å². The second-order valence-electron chi connectivity index (χ2n) is 8.20. The fraction of sp³-hybridized carbons (Fsp3) is 0.417. The number of fused-ring (bicyclic) bond motifs is 1. The normalized spacial score (nSPS) is 16.2. The van der Waals surface area contributed by atoms with Gasteiger partial charge >= 0.3 is 0 Å². The fourth-order valence-electron chi connectivity index (χ4n) is 3.82. The monoisotopic (exact) mass is 461 g/mol. The molecular formula is C24H26F3N3O3. The van der Waals surface area contributed by atoms with E-state index in [4.69, 9.17) is 14.2 Å². The van der Waals surface area contributed by atoms with E-state index >= 15 is 0 Å². The number of aryl methyl sites for hydroxylation is 1. The molecule has 1 aliphatic heterocycles. The van der Waals surface area contributed by atoms with E-state index in [1.54, 1.807) is 26.2 Å². The van der Waals surface area contributed by atoms with Crippen LogP contribution in [0, 0.1) is 18.7 Å². The smallest absolute Gasteiger partial charge is 0.273 e. The van der Waals surface area contributed by atoms with Gasteiger partial charge in [-0.1, -0.05) is 18.2 Å². The Hall–Kier alpha value is -3.07. The Balaban J connectivity index is 1.63. The second-order valence-corrected chi connectivity index (χ2v) is 8.20. The van der Waals surface area contributed by atoms with Gasteiger partial charge in [0.1, 0.15) is 17.5 Å². The quantitative estimate of drug-likeness (QED) is 0.496. The fourth-order valence-corrected chi connectivity index (χ4v) is 3.82. The van der Waals surface area contributed by atoms with Crippen LogP contribution >= 0.6 is 0 Å². The Labute approximate surface area is 190 Å². The highest BCUT2D eigenvalue weighted by atomic mass is 19.3. The van der Waals surface area contributed by atoms with Crippen LogP contribution in [0.3, 0.4) is 0 Å². The third-order valence-corrected chi connectivity index (χ3v) is 5.59. The van der Waals surface area contributed by atoms with Crippen LogP contribution in [0.25, 0.3) is 10.9 Å². The van der Waals surface area contributed by atoms with Gasteiger partial charge in [-0.25, -0.2) is 23.1 Å². The number of rotatable bonds is 8. The first-order valence-corrected chi connectivity index (χ1v) is 10.7. The number of hydrogen-bond acceptors (Lipinski definition) is 6. The van der Waals surface area contributed by atoms with Crippen LogP contribution < -0.4 is 14.8 Å². The minimum Gasteiger partial charge on any atom is -0.493 e. The van der Waals surface area contributed by atoms with Crippen molar-refractivity contribution in [1.29, 1.82) is 0 Å². The third kappa shape index (κ3) is 5.13. The molecule has 0 bridgehead atoms. The number of alkyl halides is 2. The van der Waals surface area contributed by atoms with E-state index in [9.17, 15) is 13.2 Å². The minimum absolute atomic E-state index is 0.0249. The Bertz CT molecular complexity index is 1150. The molecule has 1 saturated heterocycles. The van der Waals surface area contributed by atoms with Crippen LogP contribution in [-0.2, 0) is 17.2 Å². The van der Waals surface area contributed by atoms with Crippen molar-refractivity contribution in [2.75, 3.05) is 32.2 Å². The van der Waals surface area contributed by atoms with Gasteiger partial charge in [0.05, 0.1) is 31.4 Å². The zero-order chi connectivity index (χ0) is 23.6. The van der Waals surface area contributed by atoms with Crippen LogP contribution in [0.4, 0.5) is 19.0 Å². The Morgan fingerprint density at radius 1 is 1.21 bits per heavy atom. The molecule has 1 aliphatic rings. The third-order valence-electron chi connectivity index (χ3n) is 5.59. The molecule has 1 fully saturated rings. The number of halogens is 3. The van der Waals surface area contributed by atoms with Gasteiger partial charge < -0.3 is 19.5 Å². The molecule has 1 atom stereocenters. The molecule has 176 valence electrons. The zero-order valence-corrected chi connectivity index (χ0v) is 18.8. The second kappa shape index (κ2) is 9.43. The first-order chi connectivity index (χ1) is 15.8. The van der Waals surface area contributed by atoms with Crippen molar-refractivity contribution in [3.63, 3.8) is 0 Å². The maximum Gasteiger partial charge on any atom is 0.273 e. The lowest BCUT2D eigenvalue weighted by molar-refractivity contribution is 0.0136. The Morgan fingerprint density at radius 3 is 2.73 bits per heavy atom. The molecule has 9 heteroatoms. The first kappa shape index (κ1) is 23.1. The number of nitrogens with one attached hydrogen (secondary N) is 1. The Morgan fingerprint density at radius 2 is 2.03 bits per heavy atom. The molecule has 33 heavy (non-hydrogen) atoms. The molecule has 3 aromatic rings. The van der Waals surface area contributed by atoms with Gasteiger partial charge in [-0.05, 0) is 19.4 Å². The summed E-state index contributed by atoms with van der Waals surface area (Å²) in [7, 11) is 1.55. The van der Waals surface area contributed by atoms with Crippen molar-refractivity contribution in [2.24, 2.45) is 5.92 Å². The number of hydrogen-bond donors (Lipinski definition) is 1. The van der Waals surface area contributed by atoms with Crippen molar-refractivity contribution in [2.45, 2.75) is 32.7 Å². The van der Waals surface area contributed by atoms with Crippen molar-refractivity contribution >= 4 is 16.7 Å². The van der Waals surface area contributed by atoms with Crippen LogP contribution in [0.2, 0.25) is 0 Å². The number of ether oxygens (including phenoxy) is 3. The van der Waals surface area contributed by atoms with Crippen molar-refractivity contribution in [3.05, 3.63) is 53.1 Å². The molecule has 0 spiro atoms. The molecule has 1 N–H and O–H groups in total. The van der Waals surface area contributed by atoms with Gasteiger partial charge in [0.25, 0.3) is 5.92 Å². The number of methoxy groups -OCH3 is 1. The molecular weight excluding hydrogens is 435 g/mol. The number of aromatic nitrogens is 2. The number of benzene rings is 2. The molecule has 0 radical (unpaired) electrons. The minimum atomic E-state index is -3.27. The molecule has 0 amide bonds. The average Bonchev–Trinajstić information content (AvgIpc) is 3.29. The van der Waals surface area contributed by atoms with E-state index < -0.39 is 17.3 Å². The summed E-state index contributed by atoms with van der Waals surface area (Å²) in [4.78, 5) is 8.90. The van der Waals surface area contributed by atoms with Gasteiger partial charge in [0, 0.05) is 43.0 Å². The zero-order valence-electron chi connectivity index (χ0n) is 18.8. The maximum atomic E-state index is 14.7. The summed E-state index contributed by atoms with van der Waals surface area (Å²) in [5, 5.41) is 3.72. The summed E-state index contributed by atoms with van der Waals surface area (Å²) < 4.78 is 59.0. The highest BCUT2D eigenvalue weighted by Gasteiger charge is 2.29. The summed E-state index contributed by atoms with van der Waals surface area (Å²) in [5.41, 5.74) is 0.0965. The molecule has 1 aromatic heterocycles. The van der Waals surface area contributed by atoms with Gasteiger partial charge in [-0.3, -0.25) is 0 Å². The van der Waals surface area contributed by atoms with Gasteiger partial charge in [-0.15, -0.1) is 0 Å². The van der Waals surface area contributed by atoms with E-state index in [0.717, 1.165) is 19.1 Å². The number of nitrogens with zero attached hydrogens (tertiary/aromatic N) is 2. The highest BCUT2D eigenvalue weighted by molar-refractivity contribution is 5.91. The van der Waals surface area contributed by atoms with Crippen molar-refractivity contribution < 1.29 is 27.4 Å². The molecule has 4 rings (SSSR count). The maximum absolute atomic E-state index is 14.7. The van der Waals surface area contributed by atoms with Crippen LogP contribution in [-0.4, -0.2) is 36.9 Å². The summed E-state index contributed by atoms with van der Waals surface area (Å²) in [5.74, 6) is -1.88. The molecule has 2 heterocycles. The lowest BCUT2D eigenvalue weighted by atomic mass is 10.0. The lowest BCUT2D eigenvalue weighted by Gasteiger charge is -2.17. The van der Waals surface area contributed by atoms with E-state index in [1.165, 1.54) is 12.1 Å². The molecule has 0 aliphatic carbocycles. The summed E-state index contributed by atoms with van der Waals surface area (Å²) >= 11 is 0. The first-order valence-electron chi connectivity index (χ1n) is 10.7. The topological polar surface area (TPSA) is 65.5 Å². The van der Waals surface area contributed by atoms with Crippen molar-refractivity contribution in [1.82, 2.24) is 9.97 Å². The van der Waals surface area contributed by atoms with Crippen molar-refractivity contribution in [3.8, 4) is 11.5 Å². The van der Waals surface area contributed by atoms with E-state index in [-0.39, 0.29) is 12.1 Å². The van der Waals surface area contributed by atoms with Gasteiger partial charge in [0.2, 0.25) is 0 Å². The molecule has 6 nitrogen and oxygen atoms in total. The average molecular weight is 461 g/mol. The summed E-state index contributed by atoms with van der Waals surface area (Å²) in [6.45, 7) is 4.26. The van der Waals surface area contributed by atoms with E-state index in [2.05, 4.69) is 15.3 Å². The SMILES string of the molecule is COc1cc2nc(C)nc(NCc3cccc(C(C)(F)F)c3F)c2cc1OC[C@H]1CCOC1. The largest absolute Gasteiger partial charge is 0.493 e. The summed E-state index contributed by atoms with van der Waals surface area (Å²) in [6, 6.07) is 7.51. The van der Waals surface area contributed by atoms with Crippen LogP contribution in [0.5, 0.6) is 11.5 Å². The lowest BCUT2D eigenvalue weighted by Crippen LogP contribution is -2.13. The molecule has 2 aromatic carbocycles. The van der Waals surface area contributed by atoms with Gasteiger partial charge in [0.15, 0.2) is 11.5 Å². The van der Waals surface area contributed by atoms with Gasteiger partial charge in [-0.2, -0.15) is 0 Å². The standard InChI is InChI=1S/C24H26F3N3O3/c1-14-29-19-10-20(31-3)21(33-13-15-7-8-32-12-15)9-17(19)23(30-14)28-11-16-5-4-6-18(22(16)25)24(2,26)27/h4-6,9-10,15H,7-8,11-13H2,1-3H3,(H,28,29,30)/t15-/m0/s1. The Kier molecular flexibility index (Phi) is 6.60. The molecule has 0 unspecified atom stereocenters. The van der Waals surface area contributed by atoms with E-state index in [0.29, 0.717) is 60.1 Å². The molecule has 0 saturated carbocycles. The number of anilines is 1. The summed E-state index contributed by atoms with van der Waals surface area (Å²) in [6.07, 6.45) is 0.937. The van der Waals surface area contributed by atoms with Crippen LogP contribution in [0.15, 0.2) is 30.3 Å². The predicted molar refractivity (Wildman–Crippen MR) is 119 cm³/mol.